The summed E-state index contributed by atoms with van der Waals surface area (Å²) in [6, 6.07) is 0. The van der Waals surface area contributed by atoms with Crippen molar-refractivity contribution in [3.63, 3.8) is 0 Å². The molecule has 5 heteroatoms. The lowest BCUT2D eigenvalue weighted by molar-refractivity contribution is 0.701. The van der Waals surface area contributed by atoms with Gasteiger partial charge in [0.25, 0.3) is 0 Å². The van der Waals surface area contributed by atoms with Gasteiger partial charge in [-0.2, -0.15) is 10.1 Å². The predicted octanol–water partition coefficient (Wildman–Crippen LogP) is -0.385. The Labute approximate surface area is 77.8 Å². The topological polar surface area (TPSA) is 46.0 Å². The summed E-state index contributed by atoms with van der Waals surface area (Å²) in [5, 5.41) is 7.43. The summed E-state index contributed by atoms with van der Waals surface area (Å²) in [5.74, 6) is 0.976. The van der Waals surface area contributed by atoms with E-state index >= 15 is 0 Å². The lowest BCUT2D eigenvalue weighted by Crippen LogP contribution is -2.30. The van der Waals surface area contributed by atoms with E-state index in [2.05, 4.69) is 20.3 Å². The normalized spacial score (nSPS) is 18.7. The van der Waals surface area contributed by atoms with E-state index < -0.39 is 0 Å². The van der Waals surface area contributed by atoms with Gasteiger partial charge in [0.15, 0.2) is 0 Å². The standard InChI is InChI=1S/C8H15N5/c1-12-8(10-7-11-12)13-5-2-3-9-4-6-13/h7,9H,2-6H2,1H3. The number of nitrogens with zero attached hydrogens (tertiary/aromatic N) is 4. The second-order valence-electron chi connectivity index (χ2n) is 3.27. The molecule has 1 fully saturated rings. The lowest BCUT2D eigenvalue weighted by atomic mass is 10.4. The zero-order valence-corrected chi connectivity index (χ0v) is 7.90. The summed E-state index contributed by atoms with van der Waals surface area (Å²) < 4.78 is 1.82. The summed E-state index contributed by atoms with van der Waals surface area (Å²) in [7, 11) is 1.93. The molecule has 0 unspecified atom stereocenters. The Balaban J connectivity index is 2.10. The smallest absolute Gasteiger partial charge is 0.223 e. The Morgan fingerprint density at radius 3 is 3.08 bits per heavy atom. The van der Waals surface area contributed by atoms with E-state index in [0.29, 0.717) is 0 Å². The molecule has 2 rings (SSSR count). The first-order valence-corrected chi connectivity index (χ1v) is 4.67. The quantitative estimate of drug-likeness (QED) is 0.641. The maximum atomic E-state index is 4.23. The molecule has 0 aliphatic carbocycles. The first kappa shape index (κ1) is 8.50. The molecule has 1 N–H and O–H groups in total. The van der Waals surface area contributed by atoms with Gasteiger partial charge in [0.2, 0.25) is 5.95 Å². The van der Waals surface area contributed by atoms with E-state index in [1.54, 1.807) is 6.33 Å². The van der Waals surface area contributed by atoms with E-state index in [-0.39, 0.29) is 0 Å². The van der Waals surface area contributed by atoms with Crippen molar-refractivity contribution < 1.29 is 0 Å². The minimum atomic E-state index is 0.976. The molecule has 1 aromatic rings. The SMILES string of the molecule is Cn1ncnc1N1CCCNCC1. The molecular formula is C8H15N5. The lowest BCUT2D eigenvalue weighted by Gasteiger charge is -2.19. The van der Waals surface area contributed by atoms with Crippen LogP contribution in [0.5, 0.6) is 0 Å². The number of rotatable bonds is 1. The van der Waals surface area contributed by atoms with Crippen LogP contribution in [0.3, 0.4) is 0 Å². The monoisotopic (exact) mass is 181 g/mol. The summed E-state index contributed by atoms with van der Waals surface area (Å²) in [4.78, 5) is 6.50. The van der Waals surface area contributed by atoms with Crippen molar-refractivity contribution in [2.24, 2.45) is 7.05 Å². The molecule has 72 valence electrons. The minimum Gasteiger partial charge on any atom is -0.340 e. The van der Waals surface area contributed by atoms with Gasteiger partial charge >= 0.3 is 0 Å². The number of aryl methyl sites for hydroxylation is 1. The molecule has 1 saturated heterocycles. The van der Waals surface area contributed by atoms with Crippen molar-refractivity contribution in [3.05, 3.63) is 6.33 Å². The van der Waals surface area contributed by atoms with Crippen LogP contribution in [0.2, 0.25) is 0 Å². The van der Waals surface area contributed by atoms with Crippen LogP contribution in [0.1, 0.15) is 6.42 Å². The van der Waals surface area contributed by atoms with Gasteiger partial charge in [0.1, 0.15) is 6.33 Å². The summed E-state index contributed by atoms with van der Waals surface area (Å²) in [6.07, 6.45) is 2.78. The molecule has 0 radical (unpaired) electrons. The second kappa shape index (κ2) is 3.74. The predicted molar refractivity (Wildman–Crippen MR) is 50.7 cm³/mol. The highest BCUT2D eigenvalue weighted by Crippen LogP contribution is 2.08. The molecular weight excluding hydrogens is 166 g/mol. The van der Waals surface area contributed by atoms with Crippen LogP contribution in [-0.2, 0) is 7.05 Å². The average molecular weight is 181 g/mol. The van der Waals surface area contributed by atoms with E-state index in [1.165, 1.54) is 6.42 Å². The Kier molecular flexibility index (Phi) is 2.44. The third kappa shape index (κ3) is 1.80. The maximum Gasteiger partial charge on any atom is 0.223 e. The van der Waals surface area contributed by atoms with Crippen molar-refractivity contribution in [2.75, 3.05) is 31.1 Å². The Morgan fingerprint density at radius 2 is 2.31 bits per heavy atom. The summed E-state index contributed by atoms with van der Waals surface area (Å²) in [6.45, 7) is 4.23. The zero-order valence-electron chi connectivity index (χ0n) is 7.90. The number of hydrogen-bond donors (Lipinski definition) is 1. The van der Waals surface area contributed by atoms with E-state index in [9.17, 15) is 0 Å². The highest BCUT2D eigenvalue weighted by Gasteiger charge is 2.12. The van der Waals surface area contributed by atoms with Crippen LogP contribution in [0.25, 0.3) is 0 Å². The molecule has 1 aliphatic heterocycles. The van der Waals surface area contributed by atoms with Gasteiger partial charge in [0, 0.05) is 26.7 Å². The minimum absolute atomic E-state index is 0.976. The second-order valence-corrected chi connectivity index (χ2v) is 3.27. The number of nitrogens with one attached hydrogen (secondary N) is 1. The van der Waals surface area contributed by atoms with Crippen molar-refractivity contribution in [3.8, 4) is 0 Å². The third-order valence-electron chi connectivity index (χ3n) is 2.31. The molecule has 0 bridgehead atoms. The molecule has 0 saturated carbocycles. The van der Waals surface area contributed by atoms with Gasteiger partial charge in [-0.1, -0.05) is 0 Å². The maximum absolute atomic E-state index is 4.23. The number of anilines is 1. The summed E-state index contributed by atoms with van der Waals surface area (Å²) in [5.41, 5.74) is 0. The fraction of sp³-hybridized carbons (Fsp3) is 0.750. The number of aromatic nitrogens is 3. The van der Waals surface area contributed by atoms with Gasteiger partial charge in [0.05, 0.1) is 0 Å². The van der Waals surface area contributed by atoms with E-state index in [0.717, 1.165) is 32.1 Å². The Hall–Kier alpha value is -1.10. The van der Waals surface area contributed by atoms with Gasteiger partial charge in [-0.25, -0.2) is 4.68 Å². The van der Waals surface area contributed by atoms with Gasteiger partial charge in [-0.15, -0.1) is 0 Å². The average Bonchev–Trinajstić information content (AvgIpc) is 2.43. The van der Waals surface area contributed by atoms with Crippen LogP contribution in [0.4, 0.5) is 5.95 Å². The van der Waals surface area contributed by atoms with Gasteiger partial charge in [-0.3, -0.25) is 0 Å². The largest absolute Gasteiger partial charge is 0.340 e. The van der Waals surface area contributed by atoms with Gasteiger partial charge < -0.3 is 10.2 Å². The molecule has 0 amide bonds. The third-order valence-corrected chi connectivity index (χ3v) is 2.31. The molecule has 0 aromatic carbocycles. The molecule has 2 heterocycles. The molecule has 0 spiro atoms. The summed E-state index contributed by atoms with van der Waals surface area (Å²) >= 11 is 0. The van der Waals surface area contributed by atoms with Crippen LogP contribution >= 0.6 is 0 Å². The molecule has 5 nitrogen and oxygen atoms in total. The molecule has 13 heavy (non-hydrogen) atoms. The van der Waals surface area contributed by atoms with E-state index in [1.807, 2.05) is 11.7 Å². The number of hydrogen-bond acceptors (Lipinski definition) is 4. The van der Waals surface area contributed by atoms with Crippen LogP contribution in [0, 0.1) is 0 Å². The van der Waals surface area contributed by atoms with Crippen molar-refractivity contribution in [1.29, 1.82) is 0 Å². The van der Waals surface area contributed by atoms with Crippen LogP contribution in [0.15, 0.2) is 6.33 Å². The molecule has 0 atom stereocenters. The fourth-order valence-electron chi connectivity index (χ4n) is 1.62. The van der Waals surface area contributed by atoms with E-state index in [4.69, 9.17) is 0 Å². The first-order valence-electron chi connectivity index (χ1n) is 4.67. The zero-order chi connectivity index (χ0) is 9.10. The highest BCUT2D eigenvalue weighted by molar-refractivity contribution is 5.28. The molecule has 1 aromatic heterocycles. The Morgan fingerprint density at radius 1 is 1.38 bits per heavy atom. The van der Waals surface area contributed by atoms with Crippen molar-refractivity contribution >= 4 is 5.95 Å². The van der Waals surface area contributed by atoms with Crippen LogP contribution < -0.4 is 10.2 Å². The van der Waals surface area contributed by atoms with Crippen molar-refractivity contribution in [2.45, 2.75) is 6.42 Å². The van der Waals surface area contributed by atoms with Crippen LogP contribution in [-0.4, -0.2) is 40.9 Å². The Bertz CT molecular complexity index is 261. The van der Waals surface area contributed by atoms with Gasteiger partial charge in [-0.05, 0) is 13.0 Å². The first-order chi connectivity index (χ1) is 6.38. The molecule has 1 aliphatic rings. The fourth-order valence-corrected chi connectivity index (χ4v) is 1.62. The van der Waals surface area contributed by atoms with Crippen molar-refractivity contribution in [1.82, 2.24) is 20.1 Å². The highest BCUT2D eigenvalue weighted by atomic mass is 15.4.